The summed E-state index contributed by atoms with van der Waals surface area (Å²) in [5.41, 5.74) is 2.83. The molecule has 0 atom stereocenters. The number of rotatable bonds is 5. The fourth-order valence-corrected chi connectivity index (χ4v) is 3.57. The smallest absolute Gasteiger partial charge is 0.336 e. The summed E-state index contributed by atoms with van der Waals surface area (Å²) in [6.07, 6.45) is 0. The van der Waals surface area contributed by atoms with Gasteiger partial charge in [-0.05, 0) is 22.8 Å². The Balaban J connectivity index is 1.87. The van der Waals surface area contributed by atoms with Gasteiger partial charge in [0, 0.05) is 36.2 Å². The largest absolute Gasteiger partial charge is 0.496 e. The first-order valence-corrected chi connectivity index (χ1v) is 9.59. The molecule has 31 heavy (non-hydrogen) atoms. The quantitative estimate of drug-likeness (QED) is 0.357. The van der Waals surface area contributed by atoms with Crippen LogP contribution in [0.1, 0.15) is 12.5 Å². The molecule has 1 aromatic heterocycles. The zero-order valence-electron chi connectivity index (χ0n) is 17.2. The van der Waals surface area contributed by atoms with Gasteiger partial charge in [-0.1, -0.05) is 42.5 Å². The van der Waals surface area contributed by atoms with Crippen LogP contribution in [0.4, 0.5) is 8.78 Å². The number of hydrogen-bond acceptors (Lipinski definition) is 4. The van der Waals surface area contributed by atoms with E-state index >= 15 is 0 Å². The average Bonchev–Trinajstić information content (AvgIpc) is 2.77. The van der Waals surface area contributed by atoms with E-state index in [4.69, 9.17) is 13.9 Å². The maximum absolute atomic E-state index is 13.5. The zero-order chi connectivity index (χ0) is 22.2. The molecule has 0 unspecified atom stereocenters. The molecule has 0 bridgehead atoms. The monoisotopic (exact) mass is 422 g/mol. The molecule has 0 saturated carbocycles. The van der Waals surface area contributed by atoms with Crippen molar-refractivity contribution in [2.24, 2.45) is 0 Å². The van der Waals surface area contributed by atoms with E-state index in [1.807, 2.05) is 24.3 Å². The van der Waals surface area contributed by atoms with E-state index in [2.05, 4.69) is 0 Å². The van der Waals surface area contributed by atoms with Crippen molar-refractivity contribution in [2.45, 2.75) is 12.8 Å². The molecule has 4 nitrogen and oxygen atoms in total. The number of benzene rings is 3. The Morgan fingerprint density at radius 1 is 0.839 bits per heavy atom. The Hall–Kier alpha value is -3.67. The summed E-state index contributed by atoms with van der Waals surface area (Å²) in [5.74, 6) is -1.88. The minimum Gasteiger partial charge on any atom is -0.496 e. The van der Waals surface area contributed by atoms with Crippen molar-refractivity contribution in [3.05, 3.63) is 82.7 Å². The Bertz CT molecular complexity index is 1300. The molecule has 0 radical (unpaired) electrons. The summed E-state index contributed by atoms with van der Waals surface area (Å²) in [6.45, 7) is 0.872. The van der Waals surface area contributed by atoms with E-state index in [1.165, 1.54) is 32.4 Å². The van der Waals surface area contributed by atoms with Gasteiger partial charge in [-0.25, -0.2) is 13.6 Å². The lowest BCUT2D eigenvalue weighted by atomic mass is 9.96. The number of fused-ring (bicyclic) bond motifs is 1. The molecule has 1 heterocycles. The van der Waals surface area contributed by atoms with E-state index in [-0.39, 0.29) is 5.56 Å². The van der Waals surface area contributed by atoms with Gasteiger partial charge < -0.3 is 13.9 Å². The summed E-state index contributed by atoms with van der Waals surface area (Å²) >= 11 is 0. The van der Waals surface area contributed by atoms with Gasteiger partial charge in [0.1, 0.15) is 17.1 Å². The highest BCUT2D eigenvalue weighted by Gasteiger charge is 2.23. The van der Waals surface area contributed by atoms with Gasteiger partial charge in [-0.2, -0.15) is 0 Å². The molecule has 4 rings (SSSR count). The second-order valence-corrected chi connectivity index (χ2v) is 7.23. The molecule has 0 amide bonds. The third-order valence-corrected chi connectivity index (χ3v) is 5.14. The minimum atomic E-state index is -2.89. The number of ether oxygens (including phenoxy) is 2. The lowest BCUT2D eigenvalue weighted by Gasteiger charge is -2.13. The molecule has 0 aliphatic heterocycles. The van der Waals surface area contributed by atoms with Gasteiger partial charge in [-0.3, -0.25) is 0 Å². The van der Waals surface area contributed by atoms with Crippen LogP contribution in [0.5, 0.6) is 11.5 Å². The Labute approximate surface area is 177 Å². The number of halogens is 2. The van der Waals surface area contributed by atoms with E-state index in [0.29, 0.717) is 28.0 Å². The second-order valence-electron chi connectivity index (χ2n) is 7.23. The van der Waals surface area contributed by atoms with Crippen LogP contribution >= 0.6 is 0 Å². The van der Waals surface area contributed by atoms with E-state index < -0.39 is 11.5 Å². The lowest BCUT2D eigenvalue weighted by Crippen LogP contribution is -2.06. The highest BCUT2D eigenvalue weighted by Crippen LogP contribution is 2.38. The van der Waals surface area contributed by atoms with Crippen molar-refractivity contribution in [3.63, 3.8) is 0 Å². The predicted octanol–water partition coefficient (Wildman–Crippen LogP) is 6.26. The molecule has 0 saturated heterocycles. The molecule has 0 spiro atoms. The maximum Gasteiger partial charge on any atom is 0.336 e. The van der Waals surface area contributed by atoms with Crippen LogP contribution in [0, 0.1) is 0 Å². The maximum atomic E-state index is 13.5. The third-order valence-electron chi connectivity index (χ3n) is 5.14. The summed E-state index contributed by atoms with van der Waals surface area (Å²) in [4.78, 5) is 12.2. The van der Waals surface area contributed by atoms with Crippen LogP contribution in [-0.2, 0) is 5.92 Å². The molecule has 0 aliphatic carbocycles. The van der Waals surface area contributed by atoms with Gasteiger partial charge in [0.25, 0.3) is 5.92 Å². The molecule has 4 aromatic rings. The van der Waals surface area contributed by atoms with Gasteiger partial charge in [0.05, 0.1) is 19.6 Å². The second kappa shape index (κ2) is 7.87. The van der Waals surface area contributed by atoms with Crippen LogP contribution in [0.15, 0.2) is 75.9 Å². The lowest BCUT2D eigenvalue weighted by molar-refractivity contribution is 0.0175. The van der Waals surface area contributed by atoms with Crippen molar-refractivity contribution >= 4 is 11.0 Å². The molecule has 3 aromatic carbocycles. The minimum absolute atomic E-state index is 0.0438. The molecule has 6 heteroatoms. The van der Waals surface area contributed by atoms with Crippen LogP contribution < -0.4 is 15.1 Å². The Morgan fingerprint density at radius 3 is 2.19 bits per heavy atom. The summed E-state index contributed by atoms with van der Waals surface area (Å²) in [7, 11) is 3.05. The standard InChI is InChI=1S/C25H20F2O4/c1-25(26,27)18-9-7-15(8-10-18)16-5-4-6-17(11-16)20-14-23(28)31-22-13-19(29-2)12-21(30-3)24(20)22/h4-14H,1-3H3. The highest BCUT2D eigenvalue weighted by molar-refractivity contribution is 5.99. The van der Waals surface area contributed by atoms with Gasteiger partial charge in [0.15, 0.2) is 0 Å². The SMILES string of the molecule is COc1cc(OC)c2c(-c3cccc(-c4ccc(C(C)(F)F)cc4)c3)cc(=O)oc2c1. The number of hydrogen-bond donors (Lipinski definition) is 0. The third kappa shape index (κ3) is 4.01. The molecule has 0 fully saturated rings. The first-order chi connectivity index (χ1) is 14.8. The van der Waals surface area contributed by atoms with Crippen molar-refractivity contribution in [3.8, 4) is 33.8 Å². The number of alkyl halides is 2. The molecule has 0 aliphatic rings. The summed E-state index contributed by atoms with van der Waals surface area (Å²) < 4.78 is 43.2. The normalized spacial score (nSPS) is 11.5. The topological polar surface area (TPSA) is 48.7 Å². The molecule has 0 N–H and O–H groups in total. The summed E-state index contributed by atoms with van der Waals surface area (Å²) in [5, 5.41) is 0.640. The van der Waals surface area contributed by atoms with Crippen LogP contribution in [0.3, 0.4) is 0 Å². The van der Waals surface area contributed by atoms with Crippen molar-refractivity contribution in [1.29, 1.82) is 0 Å². The first kappa shape index (κ1) is 20.6. The van der Waals surface area contributed by atoms with Crippen molar-refractivity contribution in [2.75, 3.05) is 14.2 Å². The van der Waals surface area contributed by atoms with Crippen molar-refractivity contribution in [1.82, 2.24) is 0 Å². The van der Waals surface area contributed by atoms with E-state index in [0.717, 1.165) is 23.6 Å². The Morgan fingerprint density at radius 2 is 1.55 bits per heavy atom. The molecule has 158 valence electrons. The first-order valence-electron chi connectivity index (χ1n) is 9.59. The van der Waals surface area contributed by atoms with Crippen LogP contribution in [0.2, 0.25) is 0 Å². The van der Waals surface area contributed by atoms with Gasteiger partial charge in [0.2, 0.25) is 0 Å². The fraction of sp³-hybridized carbons (Fsp3) is 0.160. The molecular weight excluding hydrogens is 402 g/mol. The summed E-state index contributed by atoms with van der Waals surface area (Å²) in [6, 6.07) is 18.4. The fourth-order valence-electron chi connectivity index (χ4n) is 3.57. The Kier molecular flexibility index (Phi) is 5.23. The average molecular weight is 422 g/mol. The molecular formula is C25H20F2O4. The number of methoxy groups -OCH3 is 2. The van der Waals surface area contributed by atoms with Gasteiger partial charge >= 0.3 is 5.63 Å². The van der Waals surface area contributed by atoms with Gasteiger partial charge in [-0.15, -0.1) is 0 Å². The van der Waals surface area contributed by atoms with Crippen molar-refractivity contribution < 1.29 is 22.7 Å². The zero-order valence-corrected chi connectivity index (χ0v) is 17.2. The van der Waals surface area contributed by atoms with Crippen LogP contribution in [0.25, 0.3) is 33.2 Å². The van der Waals surface area contributed by atoms with Crippen LogP contribution in [-0.4, -0.2) is 14.2 Å². The predicted molar refractivity (Wildman–Crippen MR) is 116 cm³/mol. The van der Waals surface area contributed by atoms with E-state index in [9.17, 15) is 13.6 Å². The highest BCUT2D eigenvalue weighted by atomic mass is 19.3. The van der Waals surface area contributed by atoms with E-state index in [1.54, 1.807) is 24.3 Å².